The summed E-state index contributed by atoms with van der Waals surface area (Å²) in [6.45, 7) is 4.20. The maximum absolute atomic E-state index is 11.8. The lowest BCUT2D eigenvalue weighted by Gasteiger charge is -2.11. The molecule has 0 aliphatic heterocycles. The summed E-state index contributed by atoms with van der Waals surface area (Å²) in [4.78, 5) is 22.4. The molecule has 0 aromatic heterocycles. The summed E-state index contributed by atoms with van der Waals surface area (Å²) in [5.41, 5.74) is 1.46. The number of nitrogens with one attached hydrogen (secondary N) is 2. The molecule has 0 saturated carbocycles. The zero-order chi connectivity index (χ0) is 15.5. The van der Waals surface area contributed by atoms with E-state index in [1.54, 1.807) is 23.9 Å². The summed E-state index contributed by atoms with van der Waals surface area (Å²) in [6, 6.07) is 6.94. The molecule has 3 N–H and O–H groups in total. The number of carboxylic acid groups (broad SMARTS) is 1. The summed E-state index contributed by atoms with van der Waals surface area (Å²) in [5, 5.41) is 14.2. The van der Waals surface area contributed by atoms with Gasteiger partial charge in [0.05, 0.1) is 0 Å². The molecule has 6 heteroatoms. The molecule has 5 nitrogen and oxygen atoms in total. The van der Waals surface area contributed by atoms with Crippen molar-refractivity contribution < 1.29 is 14.7 Å². The molecule has 0 heterocycles. The minimum atomic E-state index is -0.853. The van der Waals surface area contributed by atoms with Gasteiger partial charge in [-0.2, -0.15) is 11.8 Å². The maximum Gasteiger partial charge on any atom is 0.319 e. The number of thioether (sulfide) groups is 1. The molecular formula is C15H20N2O3S. The van der Waals surface area contributed by atoms with E-state index in [2.05, 4.69) is 17.2 Å². The number of anilines is 1. The highest BCUT2D eigenvalue weighted by molar-refractivity contribution is 7.99. The first-order valence-electron chi connectivity index (χ1n) is 6.66. The lowest BCUT2D eigenvalue weighted by Crippen LogP contribution is -2.30. The Kier molecular flexibility index (Phi) is 8.04. The molecule has 0 radical (unpaired) electrons. The molecule has 1 aromatic carbocycles. The Labute approximate surface area is 128 Å². The van der Waals surface area contributed by atoms with E-state index in [1.165, 1.54) is 0 Å². The molecule has 2 amide bonds. The van der Waals surface area contributed by atoms with E-state index in [0.29, 0.717) is 18.7 Å². The topological polar surface area (TPSA) is 78.4 Å². The number of hydrogen-bond acceptors (Lipinski definition) is 3. The van der Waals surface area contributed by atoms with Crippen molar-refractivity contribution >= 4 is 29.4 Å². The number of urea groups is 1. The van der Waals surface area contributed by atoms with Crippen LogP contribution in [-0.4, -0.2) is 35.2 Å². The number of hydrogen-bond donors (Lipinski definition) is 3. The molecule has 0 saturated heterocycles. The number of carboxylic acids is 1. The summed E-state index contributed by atoms with van der Waals surface area (Å²) < 4.78 is 0. The van der Waals surface area contributed by atoms with E-state index in [4.69, 9.17) is 5.11 Å². The van der Waals surface area contributed by atoms with Crippen molar-refractivity contribution in [2.75, 3.05) is 23.4 Å². The predicted octanol–water partition coefficient (Wildman–Crippen LogP) is 2.74. The van der Waals surface area contributed by atoms with Crippen LogP contribution >= 0.6 is 11.8 Å². The van der Waals surface area contributed by atoms with Gasteiger partial charge in [-0.3, -0.25) is 4.79 Å². The summed E-state index contributed by atoms with van der Waals surface area (Å²) in [5.74, 6) is 0.829. The van der Waals surface area contributed by atoms with Gasteiger partial charge in [0.2, 0.25) is 0 Å². The Morgan fingerprint density at radius 1 is 1.33 bits per heavy atom. The number of carbonyl (C=O) groups is 2. The molecule has 0 fully saturated rings. The largest absolute Gasteiger partial charge is 0.481 e. The zero-order valence-electron chi connectivity index (χ0n) is 11.8. The number of para-hydroxylation sites is 1. The Balaban J connectivity index is 2.44. The Morgan fingerprint density at radius 3 is 2.81 bits per heavy atom. The molecule has 114 valence electrons. The van der Waals surface area contributed by atoms with Crippen molar-refractivity contribution in [3.05, 3.63) is 42.5 Å². The molecule has 0 atom stereocenters. The van der Waals surface area contributed by atoms with E-state index in [0.717, 1.165) is 17.1 Å². The van der Waals surface area contributed by atoms with Gasteiger partial charge in [0.25, 0.3) is 0 Å². The standard InChI is InChI=1S/C15H20N2O3S/c1-2-10-21-11-9-16-15(20)17-13-6-4-3-5-12(13)7-8-14(18)19/h2-6H,1,7-11H2,(H,18,19)(H2,16,17,20). The normalized spacial score (nSPS) is 9.90. The molecular weight excluding hydrogens is 288 g/mol. The second-order valence-corrected chi connectivity index (χ2v) is 5.45. The van der Waals surface area contributed by atoms with Crippen LogP contribution in [0.25, 0.3) is 0 Å². The average Bonchev–Trinajstić information content (AvgIpc) is 2.46. The van der Waals surface area contributed by atoms with Crippen LogP contribution in [0.4, 0.5) is 10.5 Å². The minimum absolute atomic E-state index is 0.0402. The molecule has 0 aliphatic rings. The van der Waals surface area contributed by atoms with Crippen LogP contribution in [0.1, 0.15) is 12.0 Å². The first-order chi connectivity index (χ1) is 10.1. The lowest BCUT2D eigenvalue weighted by molar-refractivity contribution is -0.136. The van der Waals surface area contributed by atoms with Crippen LogP contribution in [0.5, 0.6) is 0 Å². The molecule has 0 bridgehead atoms. The first kappa shape index (κ1) is 17.1. The smallest absolute Gasteiger partial charge is 0.319 e. The Morgan fingerprint density at radius 2 is 2.10 bits per heavy atom. The van der Waals surface area contributed by atoms with Crippen molar-refractivity contribution in [2.24, 2.45) is 0 Å². The lowest BCUT2D eigenvalue weighted by atomic mass is 10.1. The van der Waals surface area contributed by atoms with Crippen molar-refractivity contribution in [1.82, 2.24) is 5.32 Å². The molecule has 0 spiro atoms. The van der Waals surface area contributed by atoms with Crippen molar-refractivity contribution in [1.29, 1.82) is 0 Å². The highest BCUT2D eigenvalue weighted by atomic mass is 32.2. The first-order valence-corrected chi connectivity index (χ1v) is 7.82. The number of carbonyl (C=O) groups excluding carboxylic acids is 1. The number of amides is 2. The van der Waals surface area contributed by atoms with Crippen LogP contribution in [0.3, 0.4) is 0 Å². The van der Waals surface area contributed by atoms with Gasteiger partial charge in [-0.1, -0.05) is 24.3 Å². The SMILES string of the molecule is C=CCSCCNC(=O)Nc1ccccc1CCC(=O)O. The minimum Gasteiger partial charge on any atom is -0.481 e. The zero-order valence-corrected chi connectivity index (χ0v) is 12.6. The molecule has 0 unspecified atom stereocenters. The number of benzene rings is 1. The second-order valence-electron chi connectivity index (χ2n) is 4.30. The summed E-state index contributed by atoms with van der Waals surface area (Å²) >= 11 is 1.69. The monoisotopic (exact) mass is 308 g/mol. The van der Waals surface area contributed by atoms with E-state index in [9.17, 15) is 9.59 Å². The van der Waals surface area contributed by atoms with Crippen LogP contribution in [0.2, 0.25) is 0 Å². The van der Waals surface area contributed by atoms with E-state index in [-0.39, 0.29) is 12.5 Å². The Bertz CT molecular complexity index is 492. The highest BCUT2D eigenvalue weighted by Crippen LogP contribution is 2.16. The van der Waals surface area contributed by atoms with Crippen LogP contribution < -0.4 is 10.6 Å². The summed E-state index contributed by atoms with van der Waals surface area (Å²) in [7, 11) is 0. The van der Waals surface area contributed by atoms with Gasteiger partial charge in [0.1, 0.15) is 0 Å². The molecule has 21 heavy (non-hydrogen) atoms. The highest BCUT2D eigenvalue weighted by Gasteiger charge is 2.07. The van der Waals surface area contributed by atoms with Gasteiger partial charge >= 0.3 is 12.0 Å². The molecule has 0 aliphatic carbocycles. The van der Waals surface area contributed by atoms with Gasteiger partial charge in [-0.15, -0.1) is 6.58 Å². The quantitative estimate of drug-likeness (QED) is 0.484. The number of rotatable bonds is 9. The van der Waals surface area contributed by atoms with Crippen molar-refractivity contribution in [3.63, 3.8) is 0 Å². The van der Waals surface area contributed by atoms with Gasteiger partial charge < -0.3 is 15.7 Å². The van der Waals surface area contributed by atoms with Gasteiger partial charge in [-0.05, 0) is 18.1 Å². The molecule has 1 aromatic rings. The average molecular weight is 308 g/mol. The maximum atomic E-state index is 11.8. The van der Waals surface area contributed by atoms with Crippen LogP contribution in [-0.2, 0) is 11.2 Å². The van der Waals surface area contributed by atoms with Gasteiger partial charge in [0, 0.05) is 30.2 Å². The third kappa shape index (κ3) is 7.41. The van der Waals surface area contributed by atoms with Gasteiger partial charge in [-0.25, -0.2) is 4.79 Å². The number of aryl methyl sites for hydroxylation is 1. The van der Waals surface area contributed by atoms with E-state index < -0.39 is 5.97 Å². The fourth-order valence-electron chi connectivity index (χ4n) is 1.67. The second kappa shape index (κ2) is 9.88. The van der Waals surface area contributed by atoms with Crippen LogP contribution in [0.15, 0.2) is 36.9 Å². The van der Waals surface area contributed by atoms with Gasteiger partial charge in [0.15, 0.2) is 0 Å². The van der Waals surface area contributed by atoms with Crippen molar-refractivity contribution in [2.45, 2.75) is 12.8 Å². The third-order valence-corrected chi connectivity index (χ3v) is 3.61. The molecule has 1 rings (SSSR count). The van der Waals surface area contributed by atoms with Crippen molar-refractivity contribution in [3.8, 4) is 0 Å². The number of aliphatic carboxylic acids is 1. The fourth-order valence-corrected chi connectivity index (χ4v) is 2.25. The van der Waals surface area contributed by atoms with E-state index >= 15 is 0 Å². The summed E-state index contributed by atoms with van der Waals surface area (Å²) in [6.07, 6.45) is 2.25. The third-order valence-electron chi connectivity index (χ3n) is 2.64. The fraction of sp³-hybridized carbons (Fsp3) is 0.333. The van der Waals surface area contributed by atoms with E-state index in [1.807, 2.05) is 18.2 Å². The Hall–Kier alpha value is -1.95. The van der Waals surface area contributed by atoms with Crippen LogP contribution in [0, 0.1) is 0 Å². The predicted molar refractivity (Wildman–Crippen MR) is 86.9 cm³/mol.